The van der Waals surface area contributed by atoms with Crippen molar-refractivity contribution in [3.63, 3.8) is 0 Å². The van der Waals surface area contributed by atoms with Crippen molar-refractivity contribution in [3.05, 3.63) is 54.0 Å². The van der Waals surface area contributed by atoms with E-state index >= 15 is 0 Å². The topological polar surface area (TPSA) is 138 Å². The lowest BCUT2D eigenvalue weighted by molar-refractivity contribution is -0.192. The second-order valence-electron chi connectivity index (χ2n) is 8.53. The zero-order valence-corrected chi connectivity index (χ0v) is 22.0. The predicted molar refractivity (Wildman–Crippen MR) is 136 cm³/mol. The molecule has 1 fully saturated rings. The summed E-state index contributed by atoms with van der Waals surface area (Å²) in [5.41, 5.74) is 2.92. The van der Waals surface area contributed by atoms with Crippen molar-refractivity contribution >= 4 is 44.1 Å². The Morgan fingerprint density at radius 3 is 2.37 bits per heavy atom. The van der Waals surface area contributed by atoms with E-state index in [0.717, 1.165) is 47.4 Å². The molecule has 14 heteroatoms. The number of anilines is 2. The number of nitrogens with zero attached hydrogens (tertiary/aromatic N) is 2. The van der Waals surface area contributed by atoms with Crippen LogP contribution in [0.2, 0.25) is 0 Å². The number of sulfonamides is 1. The van der Waals surface area contributed by atoms with Crippen molar-refractivity contribution in [2.45, 2.75) is 50.6 Å². The standard InChI is InChI=1S/C22H24N4O3S2.C2HF3O2/c1-14-9-10-17(12-19(14)26-31(28,29)18-8-5-11-23-13-18)20-15(2)24-22(30-20)25-21(27)16-6-3-4-7-16;3-2(4,5)1(6)7/h5,8-13,16,26H,3-4,6-7H2,1-2H3,(H,24,25,27);(H,6,7). The summed E-state index contributed by atoms with van der Waals surface area (Å²) in [7, 11) is -3.75. The average molecular weight is 571 g/mol. The molecule has 0 spiro atoms. The molecular weight excluding hydrogens is 545 g/mol. The van der Waals surface area contributed by atoms with Gasteiger partial charge in [0.1, 0.15) is 4.90 Å². The van der Waals surface area contributed by atoms with Crippen molar-refractivity contribution in [2.24, 2.45) is 5.92 Å². The molecule has 204 valence electrons. The molecule has 1 saturated carbocycles. The number of hydrogen-bond donors (Lipinski definition) is 3. The van der Waals surface area contributed by atoms with Gasteiger partial charge in [-0.3, -0.25) is 14.5 Å². The highest BCUT2D eigenvalue weighted by Gasteiger charge is 2.38. The molecule has 3 N–H and O–H groups in total. The van der Waals surface area contributed by atoms with Crippen molar-refractivity contribution in [2.75, 3.05) is 10.0 Å². The van der Waals surface area contributed by atoms with Gasteiger partial charge >= 0.3 is 12.1 Å². The number of hydrogen-bond acceptors (Lipinski definition) is 7. The van der Waals surface area contributed by atoms with E-state index < -0.39 is 22.2 Å². The van der Waals surface area contributed by atoms with E-state index in [1.54, 1.807) is 12.1 Å². The number of pyridine rings is 1. The van der Waals surface area contributed by atoms with Crippen LogP contribution in [-0.4, -0.2) is 41.5 Å². The Hall–Kier alpha value is -3.52. The Morgan fingerprint density at radius 1 is 1.13 bits per heavy atom. The number of halogens is 3. The number of nitrogens with one attached hydrogen (secondary N) is 2. The average Bonchev–Trinajstić information content (AvgIpc) is 3.51. The number of carboxylic acid groups (broad SMARTS) is 1. The summed E-state index contributed by atoms with van der Waals surface area (Å²) in [6.45, 7) is 3.73. The molecule has 0 unspecified atom stereocenters. The number of alkyl halides is 3. The summed E-state index contributed by atoms with van der Waals surface area (Å²) in [6.07, 6.45) is 1.82. The number of thiazole rings is 1. The first-order valence-corrected chi connectivity index (χ1v) is 13.7. The van der Waals surface area contributed by atoms with Crippen LogP contribution in [0.5, 0.6) is 0 Å². The normalized spacial score (nSPS) is 13.9. The number of carbonyl (C=O) groups excluding carboxylic acids is 1. The fourth-order valence-corrected chi connectivity index (χ4v) is 5.75. The van der Waals surface area contributed by atoms with E-state index in [2.05, 4.69) is 20.0 Å². The zero-order chi connectivity index (χ0) is 28.1. The van der Waals surface area contributed by atoms with Gasteiger partial charge in [0.05, 0.1) is 16.3 Å². The van der Waals surface area contributed by atoms with Crippen LogP contribution in [-0.2, 0) is 19.6 Å². The van der Waals surface area contributed by atoms with E-state index in [0.29, 0.717) is 10.8 Å². The molecular formula is C24H25F3N4O5S2. The Kier molecular flexibility index (Phi) is 9.09. The van der Waals surface area contributed by atoms with Gasteiger partial charge in [0.15, 0.2) is 5.13 Å². The minimum absolute atomic E-state index is 0.0339. The fraction of sp³-hybridized carbons (Fsp3) is 0.333. The summed E-state index contributed by atoms with van der Waals surface area (Å²) < 4.78 is 59.8. The third kappa shape index (κ3) is 7.51. The van der Waals surface area contributed by atoms with E-state index in [4.69, 9.17) is 9.90 Å². The molecule has 0 bridgehead atoms. The highest BCUT2D eigenvalue weighted by Crippen LogP contribution is 2.36. The summed E-state index contributed by atoms with van der Waals surface area (Å²) in [6, 6.07) is 8.68. The number of carboxylic acids is 1. The van der Waals surface area contributed by atoms with Crippen LogP contribution in [0, 0.1) is 19.8 Å². The molecule has 4 rings (SSSR count). The van der Waals surface area contributed by atoms with Gasteiger partial charge in [-0.15, -0.1) is 0 Å². The highest BCUT2D eigenvalue weighted by molar-refractivity contribution is 7.92. The fourth-order valence-electron chi connectivity index (χ4n) is 3.70. The summed E-state index contributed by atoms with van der Waals surface area (Å²) in [5, 5.41) is 10.6. The van der Waals surface area contributed by atoms with E-state index in [1.165, 1.54) is 29.8 Å². The second kappa shape index (κ2) is 11.9. The molecule has 0 atom stereocenters. The lowest BCUT2D eigenvalue weighted by Gasteiger charge is -2.12. The van der Waals surface area contributed by atoms with Crippen molar-refractivity contribution in [1.82, 2.24) is 9.97 Å². The molecule has 0 saturated heterocycles. The Bertz CT molecular complexity index is 1400. The van der Waals surface area contributed by atoms with Gasteiger partial charge < -0.3 is 10.4 Å². The predicted octanol–water partition coefficient (Wildman–Crippen LogP) is 5.38. The molecule has 3 aromatic rings. The van der Waals surface area contributed by atoms with Crippen LogP contribution < -0.4 is 10.0 Å². The number of aryl methyl sites for hydroxylation is 2. The molecule has 38 heavy (non-hydrogen) atoms. The first kappa shape index (κ1) is 29.0. The monoisotopic (exact) mass is 570 g/mol. The van der Waals surface area contributed by atoms with Gasteiger partial charge in [-0.2, -0.15) is 13.2 Å². The van der Waals surface area contributed by atoms with Crippen LogP contribution in [0.4, 0.5) is 24.0 Å². The van der Waals surface area contributed by atoms with Gasteiger partial charge in [-0.05, 0) is 56.0 Å². The Labute approximate surface area is 221 Å². The number of amides is 1. The number of carbonyl (C=O) groups is 2. The Morgan fingerprint density at radius 2 is 1.79 bits per heavy atom. The minimum Gasteiger partial charge on any atom is -0.475 e. The van der Waals surface area contributed by atoms with E-state index in [-0.39, 0.29) is 16.7 Å². The van der Waals surface area contributed by atoms with Crippen LogP contribution in [0.3, 0.4) is 0 Å². The molecule has 1 aromatic carbocycles. The second-order valence-corrected chi connectivity index (χ2v) is 11.2. The van der Waals surface area contributed by atoms with Gasteiger partial charge in [-0.25, -0.2) is 18.2 Å². The maximum atomic E-state index is 12.7. The number of aliphatic carboxylic acids is 1. The van der Waals surface area contributed by atoms with Crippen molar-refractivity contribution in [3.8, 4) is 10.4 Å². The smallest absolute Gasteiger partial charge is 0.475 e. The van der Waals surface area contributed by atoms with Gasteiger partial charge in [0, 0.05) is 18.3 Å². The third-order valence-electron chi connectivity index (χ3n) is 5.68. The van der Waals surface area contributed by atoms with Crippen LogP contribution in [0.25, 0.3) is 10.4 Å². The molecule has 9 nitrogen and oxygen atoms in total. The lowest BCUT2D eigenvalue weighted by atomic mass is 10.1. The quantitative estimate of drug-likeness (QED) is 0.361. The summed E-state index contributed by atoms with van der Waals surface area (Å²) >= 11 is 1.40. The van der Waals surface area contributed by atoms with E-state index in [9.17, 15) is 26.4 Å². The Balaban J connectivity index is 0.000000505. The number of aromatic nitrogens is 2. The SMILES string of the molecule is Cc1ccc(-c2sc(NC(=O)C3CCCC3)nc2C)cc1NS(=O)(=O)c1cccnc1.O=C(O)C(F)(F)F. The number of benzene rings is 1. The van der Waals surface area contributed by atoms with E-state index in [1.807, 2.05) is 26.0 Å². The molecule has 0 radical (unpaired) electrons. The van der Waals surface area contributed by atoms with Crippen molar-refractivity contribution in [1.29, 1.82) is 0 Å². The zero-order valence-electron chi connectivity index (χ0n) is 20.4. The third-order valence-corrected chi connectivity index (χ3v) is 8.16. The molecule has 0 aliphatic heterocycles. The highest BCUT2D eigenvalue weighted by atomic mass is 32.2. The summed E-state index contributed by atoms with van der Waals surface area (Å²) in [4.78, 5) is 30.7. The van der Waals surface area contributed by atoms with Crippen LogP contribution >= 0.6 is 11.3 Å². The number of rotatable bonds is 6. The minimum atomic E-state index is -5.08. The molecule has 2 aromatic heterocycles. The van der Waals surface area contributed by atoms with Crippen molar-refractivity contribution < 1.29 is 36.3 Å². The molecule has 2 heterocycles. The van der Waals surface area contributed by atoms with Crippen LogP contribution in [0.1, 0.15) is 36.9 Å². The molecule has 1 amide bonds. The maximum absolute atomic E-state index is 12.7. The largest absolute Gasteiger partial charge is 0.490 e. The van der Waals surface area contributed by atoms with Gasteiger partial charge in [0.25, 0.3) is 10.0 Å². The maximum Gasteiger partial charge on any atom is 0.490 e. The first-order chi connectivity index (χ1) is 17.8. The van der Waals surface area contributed by atoms with Gasteiger partial charge in [0.2, 0.25) is 5.91 Å². The molecule has 1 aliphatic rings. The molecule has 1 aliphatic carbocycles. The first-order valence-electron chi connectivity index (χ1n) is 11.4. The lowest BCUT2D eigenvalue weighted by Crippen LogP contribution is -2.21. The summed E-state index contributed by atoms with van der Waals surface area (Å²) in [5.74, 6) is -2.65. The van der Waals surface area contributed by atoms with Gasteiger partial charge in [-0.1, -0.05) is 36.3 Å². The van der Waals surface area contributed by atoms with Crippen LogP contribution in [0.15, 0.2) is 47.6 Å².